The molecule has 0 aliphatic rings. The van der Waals surface area contributed by atoms with Crippen LogP contribution in [0.25, 0.3) is 0 Å². The maximum Gasteiger partial charge on any atom is 0.326 e. The summed E-state index contributed by atoms with van der Waals surface area (Å²) in [5.41, 5.74) is 5.52. The second kappa shape index (κ2) is 14.5. The summed E-state index contributed by atoms with van der Waals surface area (Å²) in [6.45, 7) is -1.73. The van der Waals surface area contributed by atoms with Crippen LogP contribution in [-0.2, 0) is 24.0 Å². The fourth-order valence-corrected chi connectivity index (χ4v) is 2.59. The maximum atomic E-state index is 12.2. The highest BCUT2D eigenvalue weighted by molar-refractivity contribution is 7.98. The van der Waals surface area contributed by atoms with Crippen LogP contribution in [0.3, 0.4) is 0 Å². The third-order valence-electron chi connectivity index (χ3n) is 3.86. The molecule has 9 N–H and O–H groups in total. The minimum absolute atomic E-state index is 0.123. The van der Waals surface area contributed by atoms with Gasteiger partial charge in [-0.15, -0.1) is 0 Å². The zero-order chi connectivity index (χ0) is 23.3. The van der Waals surface area contributed by atoms with Crippen LogP contribution in [-0.4, -0.2) is 99.5 Å². The molecule has 172 valence electrons. The number of rotatable bonds is 15. The molecule has 0 radical (unpaired) electrons. The summed E-state index contributed by atoms with van der Waals surface area (Å²) in [5, 5.41) is 42.8. The fourth-order valence-electron chi connectivity index (χ4n) is 2.11. The Balaban J connectivity index is 4.91. The van der Waals surface area contributed by atoms with Gasteiger partial charge in [0.1, 0.15) is 18.1 Å². The van der Waals surface area contributed by atoms with Crippen LogP contribution in [0.1, 0.15) is 19.3 Å². The Kier molecular flexibility index (Phi) is 13.4. The number of carbonyl (C=O) groups is 5. The average Bonchev–Trinajstić information content (AvgIpc) is 2.70. The van der Waals surface area contributed by atoms with Gasteiger partial charge >= 0.3 is 11.9 Å². The number of amides is 3. The molecular formula is C16H28N4O9S. The summed E-state index contributed by atoms with van der Waals surface area (Å²) in [6.07, 6.45) is 1.31. The molecule has 0 saturated heterocycles. The van der Waals surface area contributed by atoms with Gasteiger partial charge in [0, 0.05) is 6.42 Å². The van der Waals surface area contributed by atoms with Crippen molar-refractivity contribution in [2.75, 3.05) is 25.2 Å². The molecule has 0 bridgehead atoms. The van der Waals surface area contributed by atoms with Crippen molar-refractivity contribution < 1.29 is 44.4 Å². The van der Waals surface area contributed by atoms with E-state index in [1.165, 1.54) is 11.8 Å². The summed E-state index contributed by atoms with van der Waals surface area (Å²) >= 11 is 1.37. The van der Waals surface area contributed by atoms with Crippen molar-refractivity contribution in [1.29, 1.82) is 0 Å². The van der Waals surface area contributed by atoms with Crippen molar-refractivity contribution in [3.8, 4) is 0 Å². The predicted molar refractivity (Wildman–Crippen MR) is 105 cm³/mol. The lowest BCUT2D eigenvalue weighted by Gasteiger charge is -2.23. The number of thioether (sulfide) groups is 1. The molecule has 0 aliphatic heterocycles. The first-order chi connectivity index (χ1) is 14.1. The number of hydrogen-bond acceptors (Lipinski definition) is 9. The number of carboxylic acid groups (broad SMARTS) is 2. The van der Waals surface area contributed by atoms with Crippen LogP contribution in [0.15, 0.2) is 0 Å². The molecule has 0 rings (SSSR count). The van der Waals surface area contributed by atoms with Gasteiger partial charge in [0.15, 0.2) is 0 Å². The monoisotopic (exact) mass is 452 g/mol. The molecule has 0 fully saturated rings. The first-order valence-electron chi connectivity index (χ1n) is 8.89. The third kappa shape index (κ3) is 10.4. The average molecular weight is 452 g/mol. The lowest BCUT2D eigenvalue weighted by molar-refractivity contribution is -0.142. The van der Waals surface area contributed by atoms with Gasteiger partial charge in [-0.3, -0.25) is 19.2 Å². The molecule has 3 amide bonds. The Morgan fingerprint density at radius 1 is 0.833 bits per heavy atom. The Labute approximate surface area is 176 Å². The normalized spacial score (nSPS) is 14.7. The molecule has 14 heteroatoms. The standard InChI is InChI=1S/C16H28N4O9S/c1-30-5-4-9(16(28)29)18-14(26)11(7-22)20-15(27)10(6-21)19-13(25)8(17)2-3-12(23)24/h8-11,21-22H,2-7,17H2,1H3,(H,18,26)(H,19,25)(H,20,27)(H,23,24)(H,28,29). The number of carbonyl (C=O) groups excluding carboxylic acids is 3. The summed E-state index contributed by atoms with van der Waals surface area (Å²) in [4.78, 5) is 58.1. The van der Waals surface area contributed by atoms with Crippen molar-refractivity contribution in [3.05, 3.63) is 0 Å². The SMILES string of the molecule is CSCCC(NC(=O)C(CO)NC(=O)C(CO)NC(=O)C(N)CCC(=O)O)C(=O)O. The van der Waals surface area contributed by atoms with Crippen LogP contribution in [0.4, 0.5) is 0 Å². The summed E-state index contributed by atoms with van der Waals surface area (Å²) in [5.74, 6) is -4.87. The van der Waals surface area contributed by atoms with Gasteiger partial charge < -0.3 is 42.1 Å². The van der Waals surface area contributed by atoms with E-state index in [0.717, 1.165) is 0 Å². The molecule has 13 nitrogen and oxygen atoms in total. The quantitative estimate of drug-likeness (QED) is 0.121. The Bertz CT molecular complexity index is 620. The van der Waals surface area contributed by atoms with E-state index in [1.807, 2.05) is 0 Å². The predicted octanol–water partition coefficient (Wildman–Crippen LogP) is -3.54. The first-order valence-corrected chi connectivity index (χ1v) is 10.3. The van der Waals surface area contributed by atoms with Gasteiger partial charge in [0.25, 0.3) is 0 Å². The minimum atomic E-state index is -1.53. The van der Waals surface area contributed by atoms with Gasteiger partial charge in [-0.2, -0.15) is 11.8 Å². The summed E-state index contributed by atoms with van der Waals surface area (Å²) in [6, 6.07) is -5.52. The van der Waals surface area contributed by atoms with Crippen molar-refractivity contribution in [2.24, 2.45) is 5.73 Å². The second-order valence-corrected chi connectivity index (χ2v) is 7.19. The van der Waals surface area contributed by atoms with Gasteiger partial charge in [-0.1, -0.05) is 0 Å². The van der Waals surface area contributed by atoms with E-state index in [-0.39, 0.29) is 19.3 Å². The van der Waals surface area contributed by atoms with Crippen molar-refractivity contribution in [2.45, 2.75) is 43.4 Å². The molecular weight excluding hydrogens is 424 g/mol. The topological polar surface area (TPSA) is 228 Å². The third-order valence-corrected chi connectivity index (χ3v) is 4.51. The smallest absolute Gasteiger partial charge is 0.326 e. The van der Waals surface area contributed by atoms with Crippen molar-refractivity contribution >= 4 is 41.4 Å². The highest BCUT2D eigenvalue weighted by Crippen LogP contribution is 2.02. The number of carboxylic acids is 2. The molecule has 0 aromatic heterocycles. The fraction of sp³-hybridized carbons (Fsp3) is 0.688. The second-order valence-electron chi connectivity index (χ2n) is 6.21. The lowest BCUT2D eigenvalue weighted by Crippen LogP contribution is -2.59. The summed E-state index contributed by atoms with van der Waals surface area (Å²) in [7, 11) is 0. The largest absolute Gasteiger partial charge is 0.481 e. The van der Waals surface area contributed by atoms with E-state index in [9.17, 15) is 34.2 Å². The molecule has 0 saturated carbocycles. The number of nitrogens with two attached hydrogens (primary N) is 1. The van der Waals surface area contributed by atoms with Crippen LogP contribution in [0, 0.1) is 0 Å². The van der Waals surface area contributed by atoms with E-state index in [0.29, 0.717) is 5.75 Å². The zero-order valence-electron chi connectivity index (χ0n) is 16.4. The van der Waals surface area contributed by atoms with Crippen molar-refractivity contribution in [3.63, 3.8) is 0 Å². The minimum Gasteiger partial charge on any atom is -0.481 e. The molecule has 4 atom stereocenters. The zero-order valence-corrected chi connectivity index (χ0v) is 17.2. The van der Waals surface area contributed by atoms with Gasteiger partial charge in [0.05, 0.1) is 19.3 Å². The van der Waals surface area contributed by atoms with Gasteiger partial charge in [-0.25, -0.2) is 4.79 Å². The van der Waals surface area contributed by atoms with E-state index >= 15 is 0 Å². The Morgan fingerprint density at radius 2 is 1.30 bits per heavy atom. The van der Waals surface area contributed by atoms with Gasteiger partial charge in [-0.05, 0) is 24.9 Å². The highest BCUT2D eigenvalue weighted by atomic mass is 32.2. The Hall–Kier alpha value is -2.42. The van der Waals surface area contributed by atoms with E-state index < -0.39 is 67.0 Å². The Morgan fingerprint density at radius 3 is 1.70 bits per heavy atom. The van der Waals surface area contributed by atoms with E-state index in [2.05, 4.69) is 16.0 Å². The number of aliphatic hydroxyl groups excluding tert-OH is 2. The molecule has 0 aromatic rings. The molecule has 0 spiro atoms. The van der Waals surface area contributed by atoms with Crippen LogP contribution in [0.5, 0.6) is 0 Å². The van der Waals surface area contributed by atoms with Crippen LogP contribution in [0.2, 0.25) is 0 Å². The van der Waals surface area contributed by atoms with Crippen molar-refractivity contribution in [1.82, 2.24) is 16.0 Å². The molecule has 0 aliphatic carbocycles. The molecule has 4 unspecified atom stereocenters. The number of aliphatic hydroxyl groups is 2. The summed E-state index contributed by atoms with van der Waals surface area (Å²) < 4.78 is 0. The van der Waals surface area contributed by atoms with E-state index in [1.54, 1.807) is 6.26 Å². The molecule has 0 heterocycles. The van der Waals surface area contributed by atoms with Gasteiger partial charge in [0.2, 0.25) is 17.7 Å². The van der Waals surface area contributed by atoms with Crippen LogP contribution < -0.4 is 21.7 Å². The molecule has 0 aromatic carbocycles. The number of hydrogen-bond donors (Lipinski definition) is 8. The molecule has 30 heavy (non-hydrogen) atoms. The number of aliphatic carboxylic acids is 2. The number of nitrogens with one attached hydrogen (secondary N) is 3. The first kappa shape index (κ1) is 27.6. The maximum absolute atomic E-state index is 12.2. The van der Waals surface area contributed by atoms with Crippen LogP contribution >= 0.6 is 11.8 Å². The van der Waals surface area contributed by atoms with E-state index in [4.69, 9.17) is 15.9 Å². The lowest BCUT2D eigenvalue weighted by atomic mass is 10.1. The highest BCUT2D eigenvalue weighted by Gasteiger charge is 2.29.